The van der Waals surface area contributed by atoms with Crippen molar-refractivity contribution in [1.29, 1.82) is 0 Å². The van der Waals surface area contributed by atoms with Gasteiger partial charge in [0.25, 0.3) is 0 Å². The highest BCUT2D eigenvalue weighted by molar-refractivity contribution is 6.12. The highest BCUT2D eigenvalue weighted by atomic mass is 16.4. The number of hydrogen-bond acceptors (Lipinski definition) is 2. The van der Waals surface area contributed by atoms with Gasteiger partial charge in [-0.2, -0.15) is 0 Å². The maximum Gasteiger partial charge on any atom is 0.335 e. The number of aromatic carboxylic acids is 1. The zero-order chi connectivity index (χ0) is 23.5. The van der Waals surface area contributed by atoms with Crippen molar-refractivity contribution >= 4 is 33.3 Å². The van der Waals surface area contributed by atoms with E-state index in [2.05, 4.69) is 45.9 Å². The molecule has 0 saturated heterocycles. The van der Waals surface area contributed by atoms with Crippen molar-refractivity contribution in [3.8, 4) is 0 Å². The molecule has 0 unspecified atom stereocenters. The van der Waals surface area contributed by atoms with Crippen LogP contribution in [0, 0.1) is 0 Å². The van der Waals surface area contributed by atoms with Crippen LogP contribution in [0.15, 0.2) is 66.7 Å². The highest BCUT2D eigenvalue weighted by Crippen LogP contribution is 2.47. The number of carbonyl (C=O) groups excluding carboxylic acids is 1. The first-order valence-corrected chi connectivity index (χ1v) is 11.5. The normalized spacial score (nSPS) is 16.5. The van der Waals surface area contributed by atoms with Gasteiger partial charge < -0.3 is 5.11 Å². The van der Waals surface area contributed by atoms with Crippen molar-refractivity contribution in [2.24, 2.45) is 0 Å². The number of benzene rings is 4. The number of carboxylic acid groups (broad SMARTS) is 1. The number of hydrogen-bond donors (Lipinski definition) is 1. The van der Waals surface area contributed by atoms with E-state index in [9.17, 15) is 14.7 Å². The zero-order valence-corrected chi connectivity index (χ0v) is 19.5. The van der Waals surface area contributed by atoms with Crippen LogP contribution in [0.25, 0.3) is 21.5 Å². The number of fused-ring (bicyclic) bond motifs is 3. The Morgan fingerprint density at radius 3 is 1.52 bits per heavy atom. The van der Waals surface area contributed by atoms with Gasteiger partial charge in [0.05, 0.1) is 5.56 Å². The Hall–Kier alpha value is -3.46. The Morgan fingerprint density at radius 1 is 0.606 bits per heavy atom. The lowest BCUT2D eigenvalue weighted by Crippen LogP contribution is -2.33. The fourth-order valence-electron chi connectivity index (χ4n) is 5.14. The molecule has 0 saturated carbocycles. The summed E-state index contributed by atoms with van der Waals surface area (Å²) in [5.74, 6) is -0.986. The van der Waals surface area contributed by atoms with Gasteiger partial charge in [-0.3, -0.25) is 4.79 Å². The second kappa shape index (κ2) is 7.28. The van der Waals surface area contributed by atoms with Crippen molar-refractivity contribution in [3.05, 3.63) is 94.5 Å². The van der Waals surface area contributed by atoms with Gasteiger partial charge in [0, 0.05) is 11.1 Å². The number of carbonyl (C=O) groups is 2. The third kappa shape index (κ3) is 3.62. The molecule has 0 bridgehead atoms. The Bertz CT molecular complexity index is 1460. The Kier molecular flexibility index (Phi) is 4.72. The lowest BCUT2D eigenvalue weighted by Gasteiger charge is -2.42. The quantitative estimate of drug-likeness (QED) is 0.344. The molecule has 166 valence electrons. The Morgan fingerprint density at radius 2 is 1.00 bits per heavy atom. The molecule has 0 atom stereocenters. The molecule has 0 aromatic heterocycles. The van der Waals surface area contributed by atoms with Gasteiger partial charge in [-0.05, 0) is 80.6 Å². The van der Waals surface area contributed by atoms with Crippen LogP contribution in [0.2, 0.25) is 0 Å². The molecule has 4 aromatic carbocycles. The zero-order valence-electron chi connectivity index (χ0n) is 19.5. The molecule has 33 heavy (non-hydrogen) atoms. The van der Waals surface area contributed by atoms with Gasteiger partial charge in [-0.15, -0.1) is 0 Å². The topological polar surface area (TPSA) is 54.4 Å². The number of rotatable bonds is 3. The Labute approximate surface area is 194 Å². The molecule has 1 aliphatic rings. The van der Waals surface area contributed by atoms with Crippen molar-refractivity contribution < 1.29 is 14.7 Å². The molecule has 4 aromatic rings. The lowest BCUT2D eigenvalue weighted by atomic mass is 9.63. The average Bonchev–Trinajstić information content (AvgIpc) is 2.79. The molecule has 3 heteroatoms. The summed E-state index contributed by atoms with van der Waals surface area (Å²) in [5, 5.41) is 13.1. The minimum absolute atomic E-state index is 0.0292. The van der Waals surface area contributed by atoms with Crippen LogP contribution in [0.3, 0.4) is 0 Å². The summed E-state index contributed by atoms with van der Waals surface area (Å²) in [6.07, 6.45) is 2.32. The number of carboxylic acids is 1. The summed E-state index contributed by atoms with van der Waals surface area (Å²) in [4.78, 5) is 24.6. The van der Waals surface area contributed by atoms with E-state index in [0.717, 1.165) is 28.0 Å². The van der Waals surface area contributed by atoms with Crippen LogP contribution in [0.4, 0.5) is 0 Å². The molecule has 0 spiro atoms. The SMILES string of the molecule is CC1(C)CCC(C)(C)c2cc3cc(C(=O)c4ccc5cc(C(=O)O)ccc5c4)ccc3cc21. The summed E-state index contributed by atoms with van der Waals surface area (Å²) >= 11 is 0. The molecule has 5 rings (SSSR count). The van der Waals surface area contributed by atoms with Crippen LogP contribution in [0.1, 0.15) is 77.9 Å². The molecular weight excluding hydrogens is 408 g/mol. The van der Waals surface area contributed by atoms with Crippen molar-refractivity contribution in [2.75, 3.05) is 0 Å². The molecule has 0 radical (unpaired) electrons. The molecule has 3 nitrogen and oxygen atoms in total. The van der Waals surface area contributed by atoms with Gasteiger partial charge in [-0.25, -0.2) is 4.79 Å². The van der Waals surface area contributed by atoms with Gasteiger partial charge in [0.1, 0.15) is 0 Å². The van der Waals surface area contributed by atoms with E-state index < -0.39 is 5.97 Å². The smallest absolute Gasteiger partial charge is 0.335 e. The van der Waals surface area contributed by atoms with E-state index in [1.807, 2.05) is 24.3 Å². The average molecular weight is 437 g/mol. The van der Waals surface area contributed by atoms with Crippen molar-refractivity contribution in [2.45, 2.75) is 51.4 Å². The van der Waals surface area contributed by atoms with Gasteiger partial charge in [-0.1, -0.05) is 70.2 Å². The van der Waals surface area contributed by atoms with Gasteiger partial charge in [0.15, 0.2) is 5.78 Å². The van der Waals surface area contributed by atoms with Gasteiger partial charge in [0.2, 0.25) is 0 Å². The lowest BCUT2D eigenvalue weighted by molar-refractivity contribution is 0.0697. The first-order valence-electron chi connectivity index (χ1n) is 11.5. The first kappa shape index (κ1) is 21.4. The monoisotopic (exact) mass is 436 g/mol. The maximum atomic E-state index is 13.3. The summed E-state index contributed by atoms with van der Waals surface area (Å²) in [5.41, 5.74) is 4.58. The molecule has 1 aliphatic carbocycles. The van der Waals surface area contributed by atoms with Gasteiger partial charge >= 0.3 is 5.97 Å². The van der Waals surface area contributed by atoms with Crippen LogP contribution >= 0.6 is 0 Å². The molecule has 0 heterocycles. The van der Waals surface area contributed by atoms with E-state index in [0.29, 0.717) is 11.1 Å². The third-order valence-electron chi connectivity index (χ3n) is 7.42. The van der Waals surface area contributed by atoms with Crippen LogP contribution in [-0.4, -0.2) is 16.9 Å². The third-order valence-corrected chi connectivity index (χ3v) is 7.42. The predicted octanol–water partition coefficient (Wildman–Crippen LogP) is 7.27. The fraction of sp³-hybridized carbons (Fsp3) is 0.267. The summed E-state index contributed by atoms with van der Waals surface area (Å²) < 4.78 is 0. The largest absolute Gasteiger partial charge is 0.478 e. The molecular formula is C30H28O3. The molecule has 0 amide bonds. The van der Waals surface area contributed by atoms with Crippen molar-refractivity contribution in [3.63, 3.8) is 0 Å². The van der Waals surface area contributed by atoms with Crippen LogP contribution in [-0.2, 0) is 10.8 Å². The highest BCUT2D eigenvalue weighted by Gasteiger charge is 2.37. The Balaban J connectivity index is 1.57. The standard InChI is InChI=1S/C30H28O3/c1-29(2)11-12-30(3,4)26-17-24-15-22(9-6-20(24)16-25(26)29)27(31)21-8-5-19-14-23(28(32)33)10-7-18(19)13-21/h5-10,13-17H,11-12H2,1-4H3,(H,32,33). The number of ketones is 1. The van der Waals surface area contributed by atoms with E-state index >= 15 is 0 Å². The minimum Gasteiger partial charge on any atom is -0.478 e. The van der Waals surface area contributed by atoms with E-state index in [1.54, 1.807) is 24.3 Å². The van der Waals surface area contributed by atoms with Crippen molar-refractivity contribution in [1.82, 2.24) is 0 Å². The second-order valence-electron chi connectivity index (χ2n) is 10.6. The second-order valence-corrected chi connectivity index (χ2v) is 10.6. The first-order chi connectivity index (χ1) is 15.5. The fourth-order valence-corrected chi connectivity index (χ4v) is 5.14. The summed E-state index contributed by atoms with van der Waals surface area (Å²) in [6.45, 7) is 9.27. The summed E-state index contributed by atoms with van der Waals surface area (Å²) in [6, 6.07) is 21.0. The molecule has 1 N–H and O–H groups in total. The van der Waals surface area contributed by atoms with E-state index in [-0.39, 0.29) is 22.2 Å². The predicted molar refractivity (Wildman–Crippen MR) is 134 cm³/mol. The summed E-state index contributed by atoms with van der Waals surface area (Å²) in [7, 11) is 0. The van der Waals surface area contributed by atoms with E-state index in [4.69, 9.17) is 0 Å². The molecule has 0 fully saturated rings. The minimum atomic E-state index is -0.957. The van der Waals surface area contributed by atoms with E-state index in [1.165, 1.54) is 17.5 Å². The maximum absolute atomic E-state index is 13.3. The van der Waals surface area contributed by atoms with Crippen LogP contribution in [0.5, 0.6) is 0 Å². The molecule has 0 aliphatic heterocycles. The van der Waals surface area contributed by atoms with Crippen LogP contribution < -0.4 is 0 Å².